The first-order chi connectivity index (χ1) is 8.74. The smallest absolute Gasteiger partial charge is 0.142 e. The first-order valence-corrected chi connectivity index (χ1v) is 6.21. The summed E-state index contributed by atoms with van der Waals surface area (Å²) >= 11 is 0. The van der Waals surface area contributed by atoms with Crippen LogP contribution in [0.3, 0.4) is 0 Å². The summed E-state index contributed by atoms with van der Waals surface area (Å²) < 4.78 is 13.5. The lowest BCUT2D eigenvalue weighted by Gasteiger charge is -2.32. The molecule has 1 aliphatic heterocycles. The molecule has 96 valence electrons. The zero-order chi connectivity index (χ0) is 12.5. The highest BCUT2D eigenvalue weighted by Gasteiger charge is 2.25. The highest BCUT2D eigenvalue weighted by atomic mass is 19.2. The van der Waals surface area contributed by atoms with Crippen LogP contribution in [0.4, 0.5) is 10.3 Å². The monoisotopic (exact) mass is 249 g/mol. The molecule has 5 nitrogen and oxygen atoms in total. The van der Waals surface area contributed by atoms with E-state index in [-0.39, 0.29) is 12.1 Å². The molecule has 1 aliphatic rings. The van der Waals surface area contributed by atoms with Crippen molar-refractivity contribution in [2.75, 3.05) is 11.9 Å². The van der Waals surface area contributed by atoms with Gasteiger partial charge in [-0.3, -0.25) is 0 Å². The predicted octanol–water partition coefficient (Wildman–Crippen LogP) is 2.11. The zero-order valence-electron chi connectivity index (χ0n) is 10.2. The molecular formula is C12H16FN5. The molecule has 1 fully saturated rings. The maximum absolute atomic E-state index is 13.5. The van der Waals surface area contributed by atoms with Crippen LogP contribution in [0.2, 0.25) is 0 Å². The summed E-state index contributed by atoms with van der Waals surface area (Å²) in [7, 11) is 0. The van der Waals surface area contributed by atoms with E-state index < -0.39 is 0 Å². The fraction of sp³-hybridized carbons (Fsp3) is 0.500. The van der Waals surface area contributed by atoms with Crippen LogP contribution in [0, 0.1) is 0 Å². The summed E-state index contributed by atoms with van der Waals surface area (Å²) in [6.07, 6.45) is 5.15. The Hall–Kier alpha value is -1.69. The number of hydrogen-bond donors (Lipinski definition) is 2. The van der Waals surface area contributed by atoms with Crippen LogP contribution >= 0.6 is 0 Å². The summed E-state index contributed by atoms with van der Waals surface area (Å²) in [6.45, 7) is 2.31. The Balaban J connectivity index is 1.78. The molecule has 2 aromatic heterocycles. The molecule has 3 heterocycles. The van der Waals surface area contributed by atoms with E-state index in [1.807, 2.05) is 19.2 Å². The average Bonchev–Trinajstić information content (AvgIpc) is 2.83. The van der Waals surface area contributed by atoms with Gasteiger partial charge in [0.1, 0.15) is 17.8 Å². The summed E-state index contributed by atoms with van der Waals surface area (Å²) in [4.78, 5) is 11.4. The van der Waals surface area contributed by atoms with Gasteiger partial charge in [0.05, 0.1) is 5.39 Å². The van der Waals surface area contributed by atoms with Gasteiger partial charge >= 0.3 is 0 Å². The van der Waals surface area contributed by atoms with Gasteiger partial charge in [0, 0.05) is 24.8 Å². The number of hydrogen-bond acceptors (Lipinski definition) is 4. The number of rotatable bonds is 2. The van der Waals surface area contributed by atoms with E-state index >= 15 is 0 Å². The maximum atomic E-state index is 13.5. The summed E-state index contributed by atoms with van der Waals surface area (Å²) in [6, 6.07) is 2.04. The van der Waals surface area contributed by atoms with E-state index in [1.165, 1.54) is 6.33 Å². The van der Waals surface area contributed by atoms with Crippen LogP contribution in [-0.4, -0.2) is 38.7 Å². The quantitative estimate of drug-likeness (QED) is 0.800. The molecule has 2 aromatic rings. The van der Waals surface area contributed by atoms with Crippen molar-refractivity contribution < 1.29 is 4.48 Å². The number of piperidine rings is 1. The van der Waals surface area contributed by atoms with E-state index in [1.54, 1.807) is 0 Å². The summed E-state index contributed by atoms with van der Waals surface area (Å²) in [5, 5.41) is 5.15. The van der Waals surface area contributed by atoms with E-state index in [9.17, 15) is 4.48 Å². The van der Waals surface area contributed by atoms with Crippen LogP contribution in [-0.2, 0) is 0 Å². The zero-order valence-corrected chi connectivity index (χ0v) is 10.2. The van der Waals surface area contributed by atoms with E-state index in [4.69, 9.17) is 0 Å². The molecule has 1 saturated heterocycles. The number of halogens is 1. The topological polar surface area (TPSA) is 56.8 Å². The average molecular weight is 249 g/mol. The fourth-order valence-corrected chi connectivity index (χ4v) is 2.36. The van der Waals surface area contributed by atoms with Crippen molar-refractivity contribution in [1.82, 2.24) is 20.1 Å². The minimum Gasteiger partial charge on any atom is -0.365 e. The van der Waals surface area contributed by atoms with Crippen molar-refractivity contribution in [3.63, 3.8) is 0 Å². The molecule has 0 spiro atoms. The number of H-pyrrole nitrogens is 1. The lowest BCUT2D eigenvalue weighted by Crippen LogP contribution is -2.42. The Kier molecular flexibility index (Phi) is 2.87. The van der Waals surface area contributed by atoms with E-state index in [2.05, 4.69) is 20.3 Å². The van der Waals surface area contributed by atoms with Crippen LogP contribution < -0.4 is 5.32 Å². The lowest BCUT2D eigenvalue weighted by atomic mass is 10.0. The third kappa shape index (κ3) is 2.03. The Bertz CT molecular complexity index is 540. The predicted molar refractivity (Wildman–Crippen MR) is 67.8 cm³/mol. The molecule has 2 N–H and O–H groups in total. The molecule has 3 rings (SSSR count). The number of aromatic nitrogens is 3. The van der Waals surface area contributed by atoms with Gasteiger partial charge in [-0.25, -0.2) is 9.97 Å². The van der Waals surface area contributed by atoms with Crippen LogP contribution in [0.1, 0.15) is 19.8 Å². The molecule has 6 heteroatoms. The lowest BCUT2D eigenvalue weighted by molar-refractivity contribution is -0.0406. The van der Waals surface area contributed by atoms with E-state index in [0.717, 1.165) is 34.8 Å². The Labute approximate surface area is 104 Å². The van der Waals surface area contributed by atoms with Crippen molar-refractivity contribution in [1.29, 1.82) is 0 Å². The standard InChI is InChI=1S/C12H16FN5/c1-8-2-3-9(6-18(8)13)17-12-10-4-5-14-11(10)15-7-16-12/h4-5,7-9H,2-3,6H2,1H3,(H2,14,15,16,17). The number of nitrogens with zero attached hydrogens (tertiary/aromatic N) is 3. The molecule has 0 bridgehead atoms. The van der Waals surface area contributed by atoms with Gasteiger partial charge in [0.25, 0.3) is 0 Å². The van der Waals surface area contributed by atoms with Crippen molar-refractivity contribution in [2.45, 2.75) is 31.8 Å². The number of nitrogens with one attached hydrogen (secondary N) is 2. The molecule has 0 aliphatic carbocycles. The van der Waals surface area contributed by atoms with E-state index in [0.29, 0.717) is 6.54 Å². The highest BCUT2D eigenvalue weighted by molar-refractivity contribution is 5.86. The van der Waals surface area contributed by atoms with Crippen LogP contribution in [0.15, 0.2) is 18.6 Å². The first kappa shape index (κ1) is 11.4. The molecule has 0 amide bonds. The van der Waals surface area contributed by atoms with Crippen molar-refractivity contribution in [3.8, 4) is 0 Å². The second kappa shape index (κ2) is 4.53. The first-order valence-electron chi connectivity index (χ1n) is 6.21. The summed E-state index contributed by atoms with van der Waals surface area (Å²) in [5.41, 5.74) is 0.800. The van der Waals surface area contributed by atoms with Crippen LogP contribution in [0.25, 0.3) is 11.0 Å². The second-order valence-corrected chi connectivity index (χ2v) is 4.81. The van der Waals surface area contributed by atoms with Gasteiger partial charge < -0.3 is 10.3 Å². The molecular weight excluding hydrogens is 233 g/mol. The third-order valence-electron chi connectivity index (χ3n) is 3.50. The molecule has 2 atom stereocenters. The number of aromatic amines is 1. The van der Waals surface area contributed by atoms with Gasteiger partial charge in [0.2, 0.25) is 0 Å². The van der Waals surface area contributed by atoms with Gasteiger partial charge in [0.15, 0.2) is 0 Å². The molecule has 0 saturated carbocycles. The molecule has 0 aromatic carbocycles. The molecule has 18 heavy (non-hydrogen) atoms. The second-order valence-electron chi connectivity index (χ2n) is 4.81. The number of fused-ring (bicyclic) bond motifs is 1. The van der Waals surface area contributed by atoms with Gasteiger partial charge in [-0.05, 0) is 25.8 Å². The normalized spacial score (nSPS) is 25.4. The minimum atomic E-state index is 0.0146. The SMILES string of the molecule is CC1CCC(Nc2ncnc3[nH]ccc23)CN1F. The van der Waals surface area contributed by atoms with Gasteiger partial charge in [-0.1, -0.05) is 0 Å². The van der Waals surface area contributed by atoms with Crippen LogP contribution in [0.5, 0.6) is 0 Å². The molecule has 2 unspecified atom stereocenters. The summed E-state index contributed by atoms with van der Waals surface area (Å²) in [5.74, 6) is 0.772. The van der Waals surface area contributed by atoms with Gasteiger partial charge in [-0.2, -0.15) is 0 Å². The molecule has 0 radical (unpaired) electrons. The number of anilines is 1. The van der Waals surface area contributed by atoms with Crippen molar-refractivity contribution >= 4 is 16.9 Å². The Morgan fingerprint density at radius 2 is 2.33 bits per heavy atom. The Morgan fingerprint density at radius 1 is 1.44 bits per heavy atom. The van der Waals surface area contributed by atoms with Gasteiger partial charge in [-0.15, -0.1) is 9.60 Å². The minimum absolute atomic E-state index is 0.0146. The largest absolute Gasteiger partial charge is 0.365 e. The fourth-order valence-electron chi connectivity index (χ4n) is 2.36. The maximum Gasteiger partial charge on any atom is 0.142 e. The van der Waals surface area contributed by atoms with Crippen molar-refractivity contribution in [2.24, 2.45) is 0 Å². The third-order valence-corrected chi connectivity index (χ3v) is 3.50. The van der Waals surface area contributed by atoms with Crippen molar-refractivity contribution in [3.05, 3.63) is 18.6 Å². The highest BCUT2D eigenvalue weighted by Crippen LogP contribution is 2.23. The Morgan fingerprint density at radius 3 is 3.17 bits per heavy atom.